The van der Waals surface area contributed by atoms with Crippen molar-refractivity contribution in [2.75, 3.05) is 26.3 Å². The number of ether oxygens (including phenoxy) is 4. The van der Waals surface area contributed by atoms with Gasteiger partial charge in [0.2, 0.25) is 0 Å². The minimum Gasteiger partial charge on any atom is -0.492 e. The Balaban J connectivity index is 0.983. The van der Waals surface area contributed by atoms with Gasteiger partial charge in [0.25, 0.3) is 0 Å². The van der Waals surface area contributed by atoms with E-state index in [9.17, 15) is 0 Å². The van der Waals surface area contributed by atoms with Gasteiger partial charge in [0.15, 0.2) is 0 Å². The molecule has 2 heterocycles. The molecule has 0 N–H and O–H groups in total. The molecule has 0 radical (unpaired) electrons. The van der Waals surface area contributed by atoms with E-state index in [-0.39, 0.29) is 0 Å². The lowest BCUT2D eigenvalue weighted by Crippen LogP contribution is -2.51. The minimum absolute atomic E-state index is 0.368. The second-order valence-electron chi connectivity index (χ2n) is 11.3. The molecule has 2 saturated heterocycles. The van der Waals surface area contributed by atoms with Gasteiger partial charge in [0.1, 0.15) is 47.7 Å². The van der Waals surface area contributed by atoms with Crippen LogP contribution < -0.4 is 18.9 Å². The zero-order valence-corrected chi connectivity index (χ0v) is 24.6. The first-order valence-electron chi connectivity index (χ1n) is 15.1. The molecule has 2 aliphatic heterocycles. The van der Waals surface area contributed by atoms with Crippen molar-refractivity contribution in [2.45, 2.75) is 51.6 Å². The summed E-state index contributed by atoms with van der Waals surface area (Å²) in [4.78, 5) is 0. The third-order valence-corrected chi connectivity index (χ3v) is 8.07. The van der Waals surface area contributed by atoms with Gasteiger partial charge in [-0.25, -0.2) is 10.0 Å². The Labute approximate surface area is 249 Å². The van der Waals surface area contributed by atoms with E-state index >= 15 is 0 Å². The lowest BCUT2D eigenvalue weighted by atomic mass is 10.2. The normalized spacial score (nSPS) is 19.1. The van der Waals surface area contributed by atoms with Crippen molar-refractivity contribution in [3.63, 3.8) is 0 Å². The number of hydrogen-bond donors (Lipinski definition) is 0. The second-order valence-corrected chi connectivity index (χ2v) is 11.3. The molecule has 2 atom stereocenters. The van der Waals surface area contributed by atoms with Crippen molar-refractivity contribution in [1.82, 2.24) is 10.0 Å². The monoisotopic (exact) mass is 564 g/mol. The van der Waals surface area contributed by atoms with Gasteiger partial charge in [-0.15, -0.1) is 0 Å². The average Bonchev–Trinajstić information content (AvgIpc) is 3.68. The molecule has 4 aromatic carbocycles. The molecule has 0 saturated carbocycles. The van der Waals surface area contributed by atoms with Crippen molar-refractivity contribution >= 4 is 0 Å². The third-order valence-electron chi connectivity index (χ3n) is 8.07. The first-order chi connectivity index (χ1) is 20.6. The molecule has 4 aromatic rings. The highest BCUT2D eigenvalue weighted by molar-refractivity contribution is 5.37. The summed E-state index contributed by atoms with van der Waals surface area (Å²) in [6.07, 6.45) is 4.65. The molecule has 0 bridgehead atoms. The predicted molar refractivity (Wildman–Crippen MR) is 166 cm³/mol. The highest BCUT2D eigenvalue weighted by atomic mass is 16.5. The highest BCUT2D eigenvalue weighted by Gasteiger charge is 2.36. The molecule has 0 aromatic heterocycles. The van der Waals surface area contributed by atoms with E-state index in [1.54, 1.807) is 0 Å². The molecular formula is C36H40N2O4. The molecule has 2 fully saturated rings. The summed E-state index contributed by atoms with van der Waals surface area (Å²) in [6.45, 7) is 7.62. The van der Waals surface area contributed by atoms with E-state index < -0.39 is 0 Å². The number of benzene rings is 4. The van der Waals surface area contributed by atoms with Crippen molar-refractivity contribution < 1.29 is 18.9 Å². The van der Waals surface area contributed by atoms with Gasteiger partial charge in [-0.1, -0.05) is 35.4 Å². The van der Waals surface area contributed by atoms with Crippen molar-refractivity contribution in [3.05, 3.63) is 108 Å². The van der Waals surface area contributed by atoms with Gasteiger partial charge in [0.05, 0.1) is 12.1 Å². The molecule has 2 aliphatic rings. The van der Waals surface area contributed by atoms with Crippen LogP contribution in [0.4, 0.5) is 0 Å². The first-order valence-corrected chi connectivity index (χ1v) is 15.1. The van der Waals surface area contributed by atoms with Crippen LogP contribution in [0.1, 0.15) is 36.8 Å². The van der Waals surface area contributed by atoms with E-state index in [2.05, 4.69) is 48.1 Å². The van der Waals surface area contributed by atoms with Crippen LogP contribution in [-0.4, -0.2) is 48.4 Å². The fourth-order valence-electron chi connectivity index (χ4n) is 5.73. The average molecular weight is 565 g/mol. The van der Waals surface area contributed by atoms with Crippen LogP contribution in [0.3, 0.4) is 0 Å². The number of hydrazine groups is 1. The summed E-state index contributed by atoms with van der Waals surface area (Å²) in [5.74, 6) is 5.03. The highest BCUT2D eigenvalue weighted by Crippen LogP contribution is 2.30. The maximum absolute atomic E-state index is 6.26. The Morgan fingerprint density at radius 3 is 1.14 bits per heavy atom. The molecule has 0 spiro atoms. The van der Waals surface area contributed by atoms with Crippen molar-refractivity contribution in [3.8, 4) is 34.5 Å². The summed E-state index contributed by atoms with van der Waals surface area (Å²) in [7, 11) is 0. The molecule has 6 nitrogen and oxygen atoms in total. The lowest BCUT2D eigenvalue weighted by molar-refractivity contribution is -0.0669. The van der Waals surface area contributed by atoms with E-state index in [4.69, 9.17) is 18.9 Å². The maximum atomic E-state index is 6.26. The van der Waals surface area contributed by atoms with Crippen LogP contribution >= 0.6 is 0 Å². The van der Waals surface area contributed by atoms with E-state index in [1.807, 2.05) is 72.8 Å². The van der Waals surface area contributed by atoms with Crippen LogP contribution in [0.5, 0.6) is 34.5 Å². The molecular weight excluding hydrogens is 524 g/mol. The van der Waals surface area contributed by atoms with Gasteiger partial charge in [-0.2, -0.15) is 0 Å². The quantitative estimate of drug-likeness (QED) is 0.183. The van der Waals surface area contributed by atoms with Crippen LogP contribution in [0, 0.1) is 13.8 Å². The fraction of sp³-hybridized carbons (Fsp3) is 0.333. The van der Waals surface area contributed by atoms with Crippen molar-refractivity contribution in [2.24, 2.45) is 0 Å². The summed E-state index contributed by atoms with van der Waals surface area (Å²) in [6, 6.07) is 32.8. The van der Waals surface area contributed by atoms with Gasteiger partial charge in [-0.05, 0) is 112 Å². The molecule has 0 aliphatic carbocycles. The second kappa shape index (κ2) is 13.3. The number of rotatable bonds is 11. The topological polar surface area (TPSA) is 43.4 Å². The van der Waals surface area contributed by atoms with Crippen molar-refractivity contribution in [1.29, 1.82) is 0 Å². The van der Waals surface area contributed by atoms with Gasteiger partial charge in [-0.3, -0.25) is 0 Å². The van der Waals surface area contributed by atoms with E-state index in [1.165, 1.54) is 24.0 Å². The zero-order valence-electron chi connectivity index (χ0n) is 24.6. The molecule has 0 amide bonds. The van der Waals surface area contributed by atoms with Crippen LogP contribution in [0.25, 0.3) is 0 Å². The molecule has 6 rings (SSSR count). The van der Waals surface area contributed by atoms with Gasteiger partial charge < -0.3 is 18.9 Å². The Morgan fingerprint density at radius 1 is 0.476 bits per heavy atom. The Hall–Kier alpha value is -4.00. The fourth-order valence-corrected chi connectivity index (χ4v) is 5.73. The lowest BCUT2D eigenvalue weighted by Gasteiger charge is -2.37. The standard InChI is InChI=1S/C36H40N2O4/c1-27-7-11-33(12-8-27)41-35-19-15-31(16-20-35)39-25-29-5-3-23-37(29)38-24-4-6-30(38)26-40-32-17-21-36(22-18-32)42-34-13-9-28(2)10-14-34/h7-22,29-30H,3-6,23-26H2,1-2H3/t29-,30-/m0/s1. The SMILES string of the molecule is Cc1ccc(Oc2ccc(OC[C@@H]3CCCN3N3CCC[C@H]3COc3ccc(Oc4ccc(C)cc4)cc3)cc2)cc1. The Bertz CT molecular complexity index is 1290. The summed E-state index contributed by atoms with van der Waals surface area (Å²) in [5, 5.41) is 5.07. The first kappa shape index (κ1) is 28.1. The smallest absolute Gasteiger partial charge is 0.127 e. The summed E-state index contributed by atoms with van der Waals surface area (Å²) >= 11 is 0. The van der Waals surface area contributed by atoms with E-state index in [0.717, 1.165) is 60.4 Å². The molecule has 218 valence electrons. The van der Waals surface area contributed by atoms with Gasteiger partial charge >= 0.3 is 0 Å². The van der Waals surface area contributed by atoms with Crippen LogP contribution in [0.2, 0.25) is 0 Å². The predicted octanol–water partition coefficient (Wildman–Crippen LogP) is 8.19. The zero-order chi connectivity index (χ0) is 28.7. The maximum Gasteiger partial charge on any atom is 0.127 e. The largest absolute Gasteiger partial charge is 0.492 e. The Kier molecular flexibility index (Phi) is 8.92. The van der Waals surface area contributed by atoms with Crippen LogP contribution in [0.15, 0.2) is 97.1 Å². The summed E-state index contributed by atoms with van der Waals surface area (Å²) < 4.78 is 24.4. The summed E-state index contributed by atoms with van der Waals surface area (Å²) in [5.41, 5.74) is 2.43. The molecule has 42 heavy (non-hydrogen) atoms. The number of nitrogens with zero attached hydrogens (tertiary/aromatic N) is 2. The Morgan fingerprint density at radius 2 is 0.786 bits per heavy atom. The molecule has 6 heteroatoms. The number of hydrogen-bond acceptors (Lipinski definition) is 6. The van der Waals surface area contributed by atoms with Crippen LogP contribution in [-0.2, 0) is 0 Å². The molecule has 0 unspecified atom stereocenters. The van der Waals surface area contributed by atoms with Gasteiger partial charge in [0, 0.05) is 13.1 Å². The minimum atomic E-state index is 0.368. The van der Waals surface area contributed by atoms with E-state index in [0.29, 0.717) is 25.3 Å². The number of aryl methyl sites for hydroxylation is 2. The third kappa shape index (κ3) is 7.25.